The molecule has 0 aliphatic heterocycles. The number of hydrogen-bond acceptors (Lipinski definition) is 4. The van der Waals surface area contributed by atoms with Crippen LogP contribution in [0.3, 0.4) is 0 Å². The number of benzene rings is 2. The average Bonchev–Trinajstić information content (AvgIpc) is 2.62. The number of carbonyl (C=O) groups is 1. The third-order valence-corrected chi connectivity index (χ3v) is 3.84. The molecule has 0 aliphatic rings. The summed E-state index contributed by atoms with van der Waals surface area (Å²) in [7, 11) is 3.17. The van der Waals surface area contributed by atoms with Crippen molar-refractivity contribution in [3.8, 4) is 11.5 Å². The molecule has 5 heteroatoms. The lowest BCUT2D eigenvalue weighted by Crippen LogP contribution is -2.33. The Morgan fingerprint density at radius 2 is 1.84 bits per heavy atom. The van der Waals surface area contributed by atoms with Crippen LogP contribution in [-0.4, -0.2) is 38.1 Å². The lowest BCUT2D eigenvalue weighted by molar-refractivity contribution is -0.117. The fourth-order valence-corrected chi connectivity index (χ4v) is 2.68. The fourth-order valence-electron chi connectivity index (χ4n) is 2.68. The van der Waals surface area contributed by atoms with Crippen molar-refractivity contribution >= 4 is 11.6 Å². The molecule has 0 spiro atoms. The molecule has 0 bridgehead atoms. The third kappa shape index (κ3) is 5.80. The van der Waals surface area contributed by atoms with Gasteiger partial charge >= 0.3 is 0 Å². The molecule has 2 rings (SSSR count). The van der Waals surface area contributed by atoms with Crippen LogP contribution in [0.5, 0.6) is 11.5 Å². The quantitative estimate of drug-likeness (QED) is 0.757. The number of hydrogen-bond donors (Lipinski definition) is 1. The zero-order valence-corrected chi connectivity index (χ0v) is 15.1. The lowest BCUT2D eigenvalue weighted by atomic mass is 10.2. The number of nitrogens with one attached hydrogen (secondary N) is 1. The number of anilines is 1. The Hall–Kier alpha value is -2.53. The molecule has 0 atom stereocenters. The Labute approximate surface area is 149 Å². The molecule has 0 aromatic heterocycles. The first-order chi connectivity index (χ1) is 12.2. The monoisotopic (exact) mass is 342 g/mol. The second-order valence-corrected chi connectivity index (χ2v) is 5.81. The van der Waals surface area contributed by atoms with Gasteiger partial charge in [0.1, 0.15) is 11.5 Å². The number of ether oxygens (including phenoxy) is 2. The van der Waals surface area contributed by atoms with E-state index in [4.69, 9.17) is 9.47 Å². The average molecular weight is 342 g/mol. The molecule has 25 heavy (non-hydrogen) atoms. The van der Waals surface area contributed by atoms with Gasteiger partial charge in [0, 0.05) is 12.6 Å². The summed E-state index contributed by atoms with van der Waals surface area (Å²) < 4.78 is 10.5. The largest absolute Gasteiger partial charge is 0.497 e. The van der Waals surface area contributed by atoms with Crippen molar-refractivity contribution in [3.63, 3.8) is 0 Å². The van der Waals surface area contributed by atoms with Gasteiger partial charge in [-0.2, -0.15) is 0 Å². The van der Waals surface area contributed by atoms with E-state index in [2.05, 4.69) is 29.3 Å². The predicted octanol–water partition coefficient (Wildman–Crippen LogP) is 3.55. The van der Waals surface area contributed by atoms with Gasteiger partial charge in [-0.3, -0.25) is 9.69 Å². The topological polar surface area (TPSA) is 50.8 Å². The maximum Gasteiger partial charge on any atom is 0.238 e. The molecule has 0 heterocycles. The van der Waals surface area contributed by atoms with Gasteiger partial charge < -0.3 is 14.8 Å². The van der Waals surface area contributed by atoms with E-state index >= 15 is 0 Å². The Kier molecular flexibility index (Phi) is 7.29. The van der Waals surface area contributed by atoms with Crippen molar-refractivity contribution in [3.05, 3.63) is 54.1 Å². The Morgan fingerprint density at radius 1 is 1.08 bits per heavy atom. The summed E-state index contributed by atoms with van der Waals surface area (Å²) in [6.45, 7) is 4.04. The Bertz CT molecular complexity index is 674. The highest BCUT2D eigenvalue weighted by Crippen LogP contribution is 2.28. The molecule has 1 N–H and O–H groups in total. The maximum absolute atomic E-state index is 12.5. The number of rotatable bonds is 9. The van der Waals surface area contributed by atoms with Crippen molar-refractivity contribution in [1.82, 2.24) is 4.90 Å². The molecule has 0 saturated heterocycles. The number of carbonyl (C=O) groups excluding carboxylic acids is 1. The van der Waals surface area contributed by atoms with E-state index in [1.54, 1.807) is 32.4 Å². The molecule has 2 aromatic rings. The van der Waals surface area contributed by atoms with Crippen molar-refractivity contribution in [2.45, 2.75) is 19.9 Å². The molecule has 134 valence electrons. The molecular weight excluding hydrogens is 316 g/mol. The summed E-state index contributed by atoms with van der Waals surface area (Å²) in [5.74, 6) is 1.21. The van der Waals surface area contributed by atoms with Gasteiger partial charge in [0.05, 0.1) is 26.5 Å². The van der Waals surface area contributed by atoms with Crippen LogP contribution in [-0.2, 0) is 11.3 Å². The van der Waals surface area contributed by atoms with Crippen LogP contribution >= 0.6 is 0 Å². The first-order valence-electron chi connectivity index (χ1n) is 8.44. The van der Waals surface area contributed by atoms with E-state index in [0.717, 1.165) is 19.5 Å². The first-order valence-corrected chi connectivity index (χ1v) is 8.44. The van der Waals surface area contributed by atoms with Crippen LogP contribution in [0, 0.1) is 0 Å². The van der Waals surface area contributed by atoms with Crippen molar-refractivity contribution in [1.29, 1.82) is 0 Å². The van der Waals surface area contributed by atoms with Gasteiger partial charge in [0.25, 0.3) is 0 Å². The molecule has 0 unspecified atom stereocenters. The smallest absolute Gasteiger partial charge is 0.238 e. The van der Waals surface area contributed by atoms with E-state index < -0.39 is 0 Å². The summed E-state index contributed by atoms with van der Waals surface area (Å²) in [6.07, 6.45) is 0.989. The molecule has 0 radical (unpaired) electrons. The van der Waals surface area contributed by atoms with Gasteiger partial charge in [-0.15, -0.1) is 0 Å². The molecular formula is C20H26N2O3. The minimum atomic E-state index is -0.0732. The lowest BCUT2D eigenvalue weighted by Gasteiger charge is -2.21. The second-order valence-electron chi connectivity index (χ2n) is 5.81. The molecule has 2 aromatic carbocycles. The molecule has 0 fully saturated rings. The van der Waals surface area contributed by atoms with Crippen molar-refractivity contribution in [2.24, 2.45) is 0 Å². The number of nitrogens with zero attached hydrogens (tertiary/aromatic N) is 1. The summed E-state index contributed by atoms with van der Waals surface area (Å²) in [5, 5.41) is 2.93. The minimum Gasteiger partial charge on any atom is -0.497 e. The van der Waals surface area contributed by atoms with E-state index in [-0.39, 0.29) is 5.91 Å². The summed E-state index contributed by atoms with van der Waals surface area (Å²) in [4.78, 5) is 14.6. The van der Waals surface area contributed by atoms with Gasteiger partial charge in [-0.05, 0) is 30.7 Å². The van der Waals surface area contributed by atoms with E-state index in [9.17, 15) is 4.79 Å². The maximum atomic E-state index is 12.5. The molecule has 0 saturated carbocycles. The molecule has 0 aliphatic carbocycles. The van der Waals surface area contributed by atoms with E-state index in [1.807, 2.05) is 18.2 Å². The fraction of sp³-hybridized carbons (Fsp3) is 0.350. The predicted molar refractivity (Wildman–Crippen MR) is 100 cm³/mol. The summed E-state index contributed by atoms with van der Waals surface area (Å²) in [5.41, 5.74) is 1.81. The van der Waals surface area contributed by atoms with Crippen molar-refractivity contribution in [2.75, 3.05) is 32.6 Å². The highest BCUT2D eigenvalue weighted by Gasteiger charge is 2.13. The van der Waals surface area contributed by atoms with Crippen molar-refractivity contribution < 1.29 is 14.3 Å². The van der Waals surface area contributed by atoms with Crippen LogP contribution in [0.4, 0.5) is 5.69 Å². The minimum absolute atomic E-state index is 0.0732. The highest BCUT2D eigenvalue weighted by molar-refractivity contribution is 5.94. The van der Waals surface area contributed by atoms with Gasteiger partial charge in [0.15, 0.2) is 0 Å². The summed E-state index contributed by atoms with van der Waals surface area (Å²) >= 11 is 0. The highest BCUT2D eigenvalue weighted by atomic mass is 16.5. The SMILES string of the molecule is CCCN(CC(=O)Nc1cc(OC)ccc1OC)Cc1ccccc1. The van der Waals surface area contributed by atoms with Crippen LogP contribution in [0.1, 0.15) is 18.9 Å². The first kappa shape index (κ1) is 18.8. The Balaban J connectivity index is 2.03. The number of amides is 1. The number of methoxy groups -OCH3 is 2. The van der Waals surface area contributed by atoms with Gasteiger partial charge in [-0.25, -0.2) is 0 Å². The Morgan fingerprint density at radius 3 is 2.48 bits per heavy atom. The third-order valence-electron chi connectivity index (χ3n) is 3.84. The van der Waals surface area contributed by atoms with Gasteiger partial charge in [-0.1, -0.05) is 37.3 Å². The normalized spacial score (nSPS) is 10.6. The van der Waals surface area contributed by atoms with Crippen LogP contribution in [0.15, 0.2) is 48.5 Å². The standard InChI is InChI=1S/C20H26N2O3/c1-4-12-22(14-16-8-6-5-7-9-16)15-20(23)21-18-13-17(24-2)10-11-19(18)25-3/h5-11,13H,4,12,14-15H2,1-3H3,(H,21,23). The van der Waals surface area contributed by atoms with Crippen LogP contribution in [0.25, 0.3) is 0 Å². The molecule has 5 nitrogen and oxygen atoms in total. The van der Waals surface area contributed by atoms with Crippen LogP contribution in [0.2, 0.25) is 0 Å². The van der Waals surface area contributed by atoms with E-state index in [0.29, 0.717) is 23.7 Å². The zero-order valence-electron chi connectivity index (χ0n) is 15.1. The molecule has 1 amide bonds. The van der Waals surface area contributed by atoms with Crippen LogP contribution < -0.4 is 14.8 Å². The summed E-state index contributed by atoms with van der Waals surface area (Å²) in [6, 6.07) is 15.5. The zero-order chi connectivity index (χ0) is 18.1. The van der Waals surface area contributed by atoms with E-state index in [1.165, 1.54) is 5.56 Å². The van der Waals surface area contributed by atoms with Gasteiger partial charge in [0.2, 0.25) is 5.91 Å². The second kappa shape index (κ2) is 9.69.